The van der Waals surface area contributed by atoms with Gasteiger partial charge in [0.1, 0.15) is 6.33 Å². The van der Waals surface area contributed by atoms with E-state index in [4.69, 9.17) is 4.74 Å². The van der Waals surface area contributed by atoms with Crippen LogP contribution in [0.15, 0.2) is 61.1 Å². The van der Waals surface area contributed by atoms with Crippen molar-refractivity contribution in [1.29, 1.82) is 0 Å². The van der Waals surface area contributed by atoms with Crippen molar-refractivity contribution in [1.82, 2.24) is 24.9 Å². The molecule has 0 aliphatic rings. The van der Waals surface area contributed by atoms with Crippen LogP contribution in [-0.2, 0) is 0 Å². The molecular weight excluding hydrogens is 437 g/mol. The molecule has 1 amide bonds. The van der Waals surface area contributed by atoms with Crippen LogP contribution in [0.5, 0.6) is 11.8 Å². The fourth-order valence-electron chi connectivity index (χ4n) is 3.12. The van der Waals surface area contributed by atoms with Gasteiger partial charge >= 0.3 is 0 Å². The average Bonchev–Trinajstić information content (AvgIpc) is 2.84. The third kappa shape index (κ3) is 5.29. The number of benzene rings is 1. The van der Waals surface area contributed by atoms with Crippen molar-refractivity contribution in [2.24, 2.45) is 0 Å². The van der Waals surface area contributed by atoms with Crippen molar-refractivity contribution in [2.45, 2.75) is 19.8 Å². The molecule has 0 aliphatic carbocycles. The van der Waals surface area contributed by atoms with E-state index >= 15 is 0 Å². The summed E-state index contributed by atoms with van der Waals surface area (Å²) in [6, 6.07) is 13.3. The zero-order valence-electron chi connectivity index (χ0n) is 18.8. The van der Waals surface area contributed by atoms with Crippen LogP contribution in [0.3, 0.4) is 0 Å². The highest BCUT2D eigenvalue weighted by Crippen LogP contribution is 2.29. The Kier molecular flexibility index (Phi) is 6.67. The van der Waals surface area contributed by atoms with Gasteiger partial charge in [-0.2, -0.15) is 14.4 Å². The summed E-state index contributed by atoms with van der Waals surface area (Å²) in [7, 11) is 1.68. The topological polar surface area (TPSA) is 115 Å². The second-order valence-corrected chi connectivity index (χ2v) is 7.59. The van der Waals surface area contributed by atoms with Gasteiger partial charge in [-0.15, -0.1) is 0 Å². The minimum Gasteiger partial charge on any atom is -0.420 e. The summed E-state index contributed by atoms with van der Waals surface area (Å²) in [5.41, 5.74) is 2.18. The summed E-state index contributed by atoms with van der Waals surface area (Å²) in [6.45, 7) is 4.12. The van der Waals surface area contributed by atoms with E-state index in [0.29, 0.717) is 28.9 Å². The smallest absolute Gasteiger partial charge is 0.256 e. The van der Waals surface area contributed by atoms with Crippen LogP contribution in [0.2, 0.25) is 0 Å². The highest BCUT2D eigenvalue weighted by Gasteiger charge is 2.16. The Hall–Kier alpha value is -4.47. The van der Waals surface area contributed by atoms with Crippen LogP contribution >= 0.6 is 0 Å². The minimum absolute atomic E-state index is 0.0487. The maximum absolute atomic E-state index is 14.3. The van der Waals surface area contributed by atoms with E-state index in [1.807, 2.05) is 18.2 Å². The van der Waals surface area contributed by atoms with E-state index in [0.717, 1.165) is 11.6 Å². The molecular formula is C24H22FN7O2. The number of ether oxygens (including phenoxy) is 1. The monoisotopic (exact) mass is 459 g/mol. The highest BCUT2D eigenvalue weighted by atomic mass is 19.1. The number of carbonyl (C=O) groups excluding carboxylic acids is 1. The maximum atomic E-state index is 14.3. The lowest BCUT2D eigenvalue weighted by atomic mass is 10.0. The fourth-order valence-corrected chi connectivity index (χ4v) is 3.12. The summed E-state index contributed by atoms with van der Waals surface area (Å²) >= 11 is 0. The Morgan fingerprint density at radius 1 is 1.03 bits per heavy atom. The first-order valence-corrected chi connectivity index (χ1v) is 10.5. The van der Waals surface area contributed by atoms with E-state index < -0.39 is 11.9 Å². The number of anilines is 2. The van der Waals surface area contributed by atoms with Gasteiger partial charge in [0, 0.05) is 36.6 Å². The van der Waals surface area contributed by atoms with Crippen LogP contribution in [0.4, 0.5) is 16.0 Å². The van der Waals surface area contributed by atoms with E-state index in [-0.39, 0.29) is 17.3 Å². The van der Waals surface area contributed by atoms with Crippen LogP contribution in [0.1, 0.15) is 35.7 Å². The van der Waals surface area contributed by atoms with Crippen molar-refractivity contribution >= 4 is 17.5 Å². The summed E-state index contributed by atoms with van der Waals surface area (Å²) in [4.78, 5) is 33.2. The number of aromatic nitrogens is 5. The second kappa shape index (κ2) is 9.99. The zero-order chi connectivity index (χ0) is 24.1. The molecule has 172 valence electrons. The van der Waals surface area contributed by atoms with Crippen LogP contribution in [0.25, 0.3) is 11.4 Å². The first-order chi connectivity index (χ1) is 16.4. The molecule has 1 aromatic carbocycles. The van der Waals surface area contributed by atoms with Crippen LogP contribution in [0, 0.1) is 5.95 Å². The molecule has 9 nitrogen and oxygen atoms in total. The van der Waals surface area contributed by atoms with Gasteiger partial charge in [0.15, 0.2) is 5.82 Å². The third-order valence-corrected chi connectivity index (χ3v) is 4.85. The van der Waals surface area contributed by atoms with Crippen molar-refractivity contribution in [3.8, 4) is 23.1 Å². The summed E-state index contributed by atoms with van der Waals surface area (Å²) in [5.74, 6) is -0.422. The third-order valence-electron chi connectivity index (χ3n) is 4.85. The molecule has 34 heavy (non-hydrogen) atoms. The van der Waals surface area contributed by atoms with Gasteiger partial charge in [-0.1, -0.05) is 26.0 Å². The van der Waals surface area contributed by atoms with Gasteiger partial charge < -0.3 is 15.4 Å². The second-order valence-electron chi connectivity index (χ2n) is 7.59. The molecule has 4 aromatic rings. The number of hydrogen-bond acceptors (Lipinski definition) is 8. The van der Waals surface area contributed by atoms with Gasteiger partial charge in [-0.05, 0) is 35.7 Å². The number of rotatable bonds is 7. The van der Waals surface area contributed by atoms with Crippen molar-refractivity contribution in [3.05, 3.63) is 78.1 Å². The Morgan fingerprint density at radius 3 is 2.68 bits per heavy atom. The highest BCUT2D eigenvalue weighted by molar-refractivity contribution is 6.04. The number of halogens is 1. The molecule has 0 aliphatic heterocycles. The Morgan fingerprint density at radius 2 is 1.88 bits per heavy atom. The van der Waals surface area contributed by atoms with Crippen molar-refractivity contribution in [2.75, 3.05) is 17.7 Å². The molecule has 0 saturated heterocycles. The molecule has 3 aromatic heterocycles. The van der Waals surface area contributed by atoms with Gasteiger partial charge in [0.05, 0.1) is 5.56 Å². The molecule has 3 heterocycles. The summed E-state index contributed by atoms with van der Waals surface area (Å²) in [6.07, 6.45) is 2.86. The number of pyridine rings is 2. The van der Waals surface area contributed by atoms with Gasteiger partial charge in [0.25, 0.3) is 5.91 Å². The predicted octanol–water partition coefficient (Wildman–Crippen LogP) is 4.68. The number of amides is 1. The lowest BCUT2D eigenvalue weighted by molar-refractivity contribution is 0.102. The molecule has 0 radical (unpaired) electrons. The van der Waals surface area contributed by atoms with Crippen molar-refractivity contribution in [3.63, 3.8) is 0 Å². The molecule has 10 heteroatoms. The minimum atomic E-state index is -0.867. The summed E-state index contributed by atoms with van der Waals surface area (Å²) in [5, 5.41) is 5.62. The fraction of sp³-hybridized carbons (Fsp3) is 0.167. The molecule has 2 N–H and O–H groups in total. The largest absolute Gasteiger partial charge is 0.420 e. The lowest BCUT2D eigenvalue weighted by Gasteiger charge is -2.11. The SMILES string of the molecule is CNc1ncnc(-c2cccnc2Oc2cc(C(=O)Nc3cccc(C(C)C)c3)cc(F)n2)n1. The van der Waals surface area contributed by atoms with E-state index in [9.17, 15) is 9.18 Å². The Labute approximate surface area is 195 Å². The standard InChI is InChI=1S/C24H22FN7O2/c1-14(2)15-6-4-7-17(10-15)30-22(33)16-11-19(25)31-20(12-16)34-23-18(8-5-9-27-23)21-28-13-29-24(26-3)32-21/h4-14H,1-3H3,(H,30,33)(H,26,28,29,32). The molecule has 0 fully saturated rings. The zero-order valence-corrected chi connectivity index (χ0v) is 18.8. The number of nitrogens with zero attached hydrogens (tertiary/aromatic N) is 5. The van der Waals surface area contributed by atoms with E-state index in [1.54, 1.807) is 25.2 Å². The molecule has 0 spiro atoms. The quantitative estimate of drug-likeness (QED) is 0.383. The van der Waals surface area contributed by atoms with Crippen LogP contribution < -0.4 is 15.4 Å². The first-order valence-electron chi connectivity index (χ1n) is 10.5. The maximum Gasteiger partial charge on any atom is 0.256 e. The first kappa shape index (κ1) is 22.7. The number of carbonyl (C=O) groups is 1. The number of hydrogen-bond donors (Lipinski definition) is 2. The number of nitrogens with one attached hydrogen (secondary N) is 2. The predicted molar refractivity (Wildman–Crippen MR) is 125 cm³/mol. The summed E-state index contributed by atoms with van der Waals surface area (Å²) < 4.78 is 20.0. The normalized spacial score (nSPS) is 10.7. The average molecular weight is 459 g/mol. The Bertz CT molecular complexity index is 1330. The van der Waals surface area contributed by atoms with E-state index in [1.165, 1.54) is 18.6 Å². The van der Waals surface area contributed by atoms with Crippen LogP contribution in [-0.4, -0.2) is 37.9 Å². The van der Waals surface area contributed by atoms with E-state index in [2.05, 4.69) is 49.4 Å². The Balaban J connectivity index is 1.60. The van der Waals surface area contributed by atoms with Gasteiger partial charge in [0.2, 0.25) is 23.7 Å². The lowest BCUT2D eigenvalue weighted by Crippen LogP contribution is -2.13. The molecule has 4 rings (SSSR count). The van der Waals surface area contributed by atoms with Crippen molar-refractivity contribution < 1.29 is 13.9 Å². The molecule has 0 bridgehead atoms. The molecule has 0 unspecified atom stereocenters. The molecule has 0 atom stereocenters. The van der Waals surface area contributed by atoms with Gasteiger partial charge in [-0.3, -0.25) is 4.79 Å². The molecule has 0 saturated carbocycles. The van der Waals surface area contributed by atoms with Gasteiger partial charge in [-0.25, -0.2) is 15.0 Å².